The van der Waals surface area contributed by atoms with Crippen LogP contribution in [0.4, 0.5) is 0 Å². The van der Waals surface area contributed by atoms with Crippen LogP contribution in [0.1, 0.15) is 0 Å². The van der Waals surface area contributed by atoms with Crippen molar-refractivity contribution in [3.8, 4) is 0 Å². The third kappa shape index (κ3) is 11.5. The van der Waals surface area contributed by atoms with Crippen molar-refractivity contribution < 1.29 is 20.4 Å². The van der Waals surface area contributed by atoms with Gasteiger partial charge in [0, 0.05) is 11.5 Å². The Morgan fingerprint density at radius 1 is 0.733 bits per heavy atom. The van der Waals surface area contributed by atoms with Gasteiger partial charge < -0.3 is 20.4 Å². The van der Waals surface area contributed by atoms with Gasteiger partial charge in [0.15, 0.2) is 0 Å². The van der Waals surface area contributed by atoms with Crippen molar-refractivity contribution in [2.45, 2.75) is 12.2 Å². The molecule has 4 nitrogen and oxygen atoms in total. The Labute approximate surface area is 105 Å². The Morgan fingerprint density at radius 3 is 1.47 bits per heavy atom. The van der Waals surface area contributed by atoms with Crippen molar-refractivity contribution >= 4 is 43.2 Å². The van der Waals surface area contributed by atoms with E-state index in [-0.39, 0.29) is 13.2 Å². The Kier molecular flexibility index (Phi) is 12.7. The van der Waals surface area contributed by atoms with E-state index in [9.17, 15) is 0 Å². The second-order valence-electron chi connectivity index (χ2n) is 2.60. The molecule has 0 spiro atoms. The molecular weight excluding hydrogens is 276 g/mol. The van der Waals surface area contributed by atoms with Crippen LogP contribution in [0.15, 0.2) is 0 Å². The van der Waals surface area contributed by atoms with Crippen LogP contribution in [-0.4, -0.2) is 62.4 Å². The quantitative estimate of drug-likeness (QED) is 0.262. The van der Waals surface area contributed by atoms with Gasteiger partial charge in [-0.25, -0.2) is 0 Å². The molecule has 0 amide bonds. The molecular formula is C7H16O4S4. The minimum atomic E-state index is -0.642. The molecule has 0 aromatic heterocycles. The second-order valence-corrected chi connectivity index (χ2v) is 7.98. The minimum absolute atomic E-state index is 0.196. The molecule has 0 saturated carbocycles. The van der Waals surface area contributed by atoms with Crippen molar-refractivity contribution in [1.82, 2.24) is 0 Å². The van der Waals surface area contributed by atoms with Gasteiger partial charge in [-0.2, -0.15) is 0 Å². The molecule has 2 atom stereocenters. The lowest BCUT2D eigenvalue weighted by Gasteiger charge is -2.06. The topological polar surface area (TPSA) is 80.9 Å². The van der Waals surface area contributed by atoms with Crippen LogP contribution < -0.4 is 0 Å². The first-order valence-corrected chi connectivity index (χ1v) is 9.25. The highest BCUT2D eigenvalue weighted by Crippen LogP contribution is 2.32. The van der Waals surface area contributed by atoms with Crippen molar-refractivity contribution in [2.24, 2.45) is 0 Å². The van der Waals surface area contributed by atoms with Gasteiger partial charge in [0.1, 0.15) is 0 Å². The standard InChI is InChI=1S/C7H16O4S4/c8-1-6(10)3-12-14-5-15-13-4-7(11)2-9/h6-11H,1-5H2. The smallest absolute Gasteiger partial charge is 0.0869 e. The van der Waals surface area contributed by atoms with Gasteiger partial charge in [-0.05, 0) is 0 Å². The van der Waals surface area contributed by atoms with Gasteiger partial charge in [0.25, 0.3) is 0 Å². The molecule has 4 N–H and O–H groups in total. The van der Waals surface area contributed by atoms with Gasteiger partial charge >= 0.3 is 0 Å². The summed E-state index contributed by atoms with van der Waals surface area (Å²) in [6.07, 6.45) is -1.28. The Bertz CT molecular complexity index is 126. The zero-order valence-electron chi connectivity index (χ0n) is 8.11. The zero-order valence-corrected chi connectivity index (χ0v) is 11.4. The highest BCUT2D eigenvalue weighted by Gasteiger charge is 2.03. The van der Waals surface area contributed by atoms with Gasteiger partial charge in [0.05, 0.1) is 30.5 Å². The highest BCUT2D eigenvalue weighted by molar-refractivity contribution is 8.85. The Hall–Kier alpha value is 1.24. The number of hydrogen-bond donors (Lipinski definition) is 4. The maximum Gasteiger partial charge on any atom is 0.0869 e. The summed E-state index contributed by atoms with van der Waals surface area (Å²) < 4.78 is 0. The number of aliphatic hydroxyl groups is 4. The normalized spacial score (nSPS) is 15.2. The zero-order chi connectivity index (χ0) is 11.5. The summed E-state index contributed by atoms with van der Waals surface area (Å²) in [5, 5.41) is 35.9. The summed E-state index contributed by atoms with van der Waals surface area (Å²) in [6.45, 7) is -0.393. The summed E-state index contributed by atoms with van der Waals surface area (Å²) >= 11 is 0. The third-order valence-electron chi connectivity index (χ3n) is 1.21. The number of aliphatic hydroxyl groups excluding tert-OH is 4. The SMILES string of the molecule is OCC(O)CSSCSSCC(O)CO. The third-order valence-corrected chi connectivity index (χ3v) is 6.90. The van der Waals surface area contributed by atoms with E-state index in [1.54, 1.807) is 21.6 Å². The molecule has 0 heterocycles. The number of rotatable bonds is 10. The molecule has 0 aliphatic heterocycles. The molecule has 0 fully saturated rings. The van der Waals surface area contributed by atoms with Gasteiger partial charge in [0.2, 0.25) is 0 Å². The summed E-state index contributed by atoms with van der Waals surface area (Å²) in [4.78, 5) is 0. The molecule has 0 saturated heterocycles. The van der Waals surface area contributed by atoms with Crippen LogP contribution in [-0.2, 0) is 0 Å². The monoisotopic (exact) mass is 292 g/mol. The van der Waals surface area contributed by atoms with E-state index in [4.69, 9.17) is 20.4 Å². The fraction of sp³-hybridized carbons (Fsp3) is 1.00. The lowest BCUT2D eigenvalue weighted by molar-refractivity contribution is 0.114. The van der Waals surface area contributed by atoms with Gasteiger partial charge in [-0.15, -0.1) is 0 Å². The molecule has 0 bridgehead atoms. The maximum atomic E-state index is 9.01. The molecule has 0 aliphatic rings. The summed E-state index contributed by atoms with van der Waals surface area (Å²) in [6, 6.07) is 0. The van der Waals surface area contributed by atoms with Crippen LogP contribution in [0.25, 0.3) is 0 Å². The Morgan fingerprint density at radius 2 is 1.13 bits per heavy atom. The van der Waals surface area contributed by atoms with Crippen LogP contribution in [0.3, 0.4) is 0 Å². The molecule has 0 aromatic carbocycles. The van der Waals surface area contributed by atoms with Crippen LogP contribution >= 0.6 is 43.2 Å². The van der Waals surface area contributed by atoms with Crippen LogP contribution in [0.5, 0.6) is 0 Å². The highest BCUT2D eigenvalue weighted by atomic mass is 33.1. The van der Waals surface area contributed by atoms with Gasteiger partial charge in [-0.3, -0.25) is 0 Å². The first kappa shape index (κ1) is 16.2. The lowest BCUT2D eigenvalue weighted by Crippen LogP contribution is -2.14. The molecule has 0 radical (unpaired) electrons. The van der Waals surface area contributed by atoms with E-state index in [1.807, 2.05) is 0 Å². The van der Waals surface area contributed by atoms with Gasteiger partial charge in [-0.1, -0.05) is 43.2 Å². The van der Waals surface area contributed by atoms with E-state index in [0.29, 0.717) is 11.5 Å². The van der Waals surface area contributed by atoms with E-state index in [0.717, 1.165) is 5.08 Å². The van der Waals surface area contributed by atoms with Crippen molar-refractivity contribution in [2.75, 3.05) is 29.8 Å². The summed E-state index contributed by atoms with van der Waals surface area (Å²) in [5.74, 6) is 1.04. The first-order valence-electron chi connectivity index (χ1n) is 4.27. The van der Waals surface area contributed by atoms with Crippen LogP contribution in [0.2, 0.25) is 0 Å². The van der Waals surface area contributed by atoms with E-state index >= 15 is 0 Å². The molecule has 92 valence electrons. The molecule has 0 aromatic rings. The molecule has 0 rings (SSSR count). The largest absolute Gasteiger partial charge is 0.394 e. The Balaban J connectivity index is 3.05. The predicted molar refractivity (Wildman–Crippen MR) is 71.2 cm³/mol. The van der Waals surface area contributed by atoms with Crippen LogP contribution in [0, 0.1) is 0 Å². The van der Waals surface area contributed by atoms with E-state index < -0.39 is 12.2 Å². The average molecular weight is 292 g/mol. The predicted octanol–water partition coefficient (Wildman–Crippen LogP) is 0.413. The summed E-state index contributed by atoms with van der Waals surface area (Å²) in [7, 11) is 6.22. The molecule has 2 unspecified atom stereocenters. The van der Waals surface area contributed by atoms with E-state index in [2.05, 4.69) is 0 Å². The molecule has 8 heteroatoms. The first-order chi connectivity index (χ1) is 7.20. The number of hydrogen-bond acceptors (Lipinski definition) is 8. The summed E-state index contributed by atoms with van der Waals surface area (Å²) in [5.41, 5.74) is 0. The maximum absolute atomic E-state index is 9.01. The fourth-order valence-corrected chi connectivity index (χ4v) is 6.02. The lowest BCUT2D eigenvalue weighted by atomic mass is 10.4. The fourth-order valence-electron chi connectivity index (χ4n) is 0.446. The second kappa shape index (κ2) is 11.7. The van der Waals surface area contributed by atoms with Crippen molar-refractivity contribution in [1.29, 1.82) is 0 Å². The average Bonchev–Trinajstić information content (AvgIpc) is 2.26. The molecule has 15 heavy (non-hydrogen) atoms. The van der Waals surface area contributed by atoms with Crippen molar-refractivity contribution in [3.63, 3.8) is 0 Å². The molecule has 0 aliphatic carbocycles. The van der Waals surface area contributed by atoms with E-state index in [1.165, 1.54) is 21.6 Å². The van der Waals surface area contributed by atoms with Crippen molar-refractivity contribution in [3.05, 3.63) is 0 Å². The minimum Gasteiger partial charge on any atom is -0.394 e.